The summed E-state index contributed by atoms with van der Waals surface area (Å²) in [5.41, 5.74) is 0. The molecular formula is C9H11N3O3S2. The van der Waals surface area contributed by atoms with E-state index >= 15 is 0 Å². The van der Waals surface area contributed by atoms with E-state index in [0.717, 1.165) is 0 Å². The highest BCUT2D eigenvalue weighted by molar-refractivity contribution is 7.91. The normalized spacial score (nSPS) is 11.8. The molecule has 2 aromatic heterocycles. The van der Waals surface area contributed by atoms with Crippen LogP contribution in [0.15, 0.2) is 26.2 Å². The predicted octanol–water partition coefficient (Wildman–Crippen LogP) is 0.961. The monoisotopic (exact) mass is 273 g/mol. The molecule has 0 spiro atoms. The fourth-order valence-corrected chi connectivity index (χ4v) is 3.30. The van der Waals surface area contributed by atoms with Crippen LogP contribution in [-0.4, -0.2) is 25.1 Å². The van der Waals surface area contributed by atoms with Crippen LogP contribution in [0.2, 0.25) is 0 Å². The first-order chi connectivity index (χ1) is 8.08. The van der Waals surface area contributed by atoms with Crippen molar-refractivity contribution in [2.24, 2.45) is 0 Å². The van der Waals surface area contributed by atoms with Gasteiger partial charge in [0.2, 0.25) is 15.9 Å². The summed E-state index contributed by atoms with van der Waals surface area (Å²) in [6, 6.07) is 3.26. The maximum Gasteiger partial charge on any atom is 0.250 e. The molecule has 0 atom stereocenters. The van der Waals surface area contributed by atoms with Crippen molar-refractivity contribution >= 4 is 21.4 Å². The van der Waals surface area contributed by atoms with Crippen molar-refractivity contribution in [3.63, 3.8) is 0 Å². The maximum atomic E-state index is 11.7. The van der Waals surface area contributed by atoms with E-state index in [0.29, 0.717) is 22.3 Å². The third-order valence-corrected chi connectivity index (χ3v) is 4.83. The topological polar surface area (TPSA) is 85.1 Å². The summed E-state index contributed by atoms with van der Waals surface area (Å²) in [5.74, 6) is 0.970. The summed E-state index contributed by atoms with van der Waals surface area (Å²) in [7, 11) is -3.40. The zero-order chi connectivity index (χ0) is 12.3. The molecule has 6 nitrogen and oxygen atoms in total. The minimum absolute atomic E-state index is 0.249. The smallest absolute Gasteiger partial charge is 0.250 e. The third-order valence-electron chi connectivity index (χ3n) is 1.97. The average Bonchev–Trinajstić information content (AvgIpc) is 2.89. The van der Waals surface area contributed by atoms with Crippen LogP contribution in [0.5, 0.6) is 0 Å². The maximum absolute atomic E-state index is 11.7. The van der Waals surface area contributed by atoms with Gasteiger partial charge in [0.05, 0.1) is 0 Å². The van der Waals surface area contributed by atoms with E-state index < -0.39 is 10.0 Å². The SMILES string of the molecule is Cc1nc(CCNS(=O)(=O)c2cccs2)no1. The van der Waals surface area contributed by atoms with E-state index in [1.54, 1.807) is 24.4 Å². The Kier molecular flexibility index (Phi) is 3.55. The zero-order valence-corrected chi connectivity index (χ0v) is 10.7. The lowest BCUT2D eigenvalue weighted by molar-refractivity contribution is 0.387. The van der Waals surface area contributed by atoms with Gasteiger partial charge >= 0.3 is 0 Å². The molecule has 0 unspecified atom stereocenters. The fraction of sp³-hybridized carbons (Fsp3) is 0.333. The lowest BCUT2D eigenvalue weighted by Gasteiger charge is -2.02. The minimum atomic E-state index is -3.40. The van der Waals surface area contributed by atoms with Crippen molar-refractivity contribution in [2.75, 3.05) is 6.54 Å². The zero-order valence-electron chi connectivity index (χ0n) is 9.08. The van der Waals surface area contributed by atoms with Gasteiger partial charge in [-0.15, -0.1) is 11.3 Å². The Morgan fingerprint density at radius 3 is 2.94 bits per heavy atom. The molecule has 0 aliphatic rings. The van der Waals surface area contributed by atoms with Crippen molar-refractivity contribution < 1.29 is 12.9 Å². The molecule has 0 saturated heterocycles. The van der Waals surface area contributed by atoms with Crippen LogP contribution in [0.3, 0.4) is 0 Å². The molecule has 1 N–H and O–H groups in total. The Labute approximate surface area is 103 Å². The number of nitrogens with zero attached hydrogens (tertiary/aromatic N) is 2. The molecule has 0 aliphatic carbocycles. The largest absolute Gasteiger partial charge is 0.340 e. The van der Waals surface area contributed by atoms with Crippen molar-refractivity contribution in [1.82, 2.24) is 14.9 Å². The molecule has 2 rings (SSSR count). The van der Waals surface area contributed by atoms with E-state index in [1.807, 2.05) is 0 Å². The second-order valence-corrected chi connectivity index (χ2v) is 6.25. The second-order valence-electron chi connectivity index (χ2n) is 3.31. The fourth-order valence-electron chi connectivity index (χ4n) is 1.23. The molecule has 8 heteroatoms. The second kappa shape index (κ2) is 4.94. The predicted molar refractivity (Wildman–Crippen MR) is 62.2 cm³/mol. The van der Waals surface area contributed by atoms with E-state index in [4.69, 9.17) is 4.52 Å². The number of hydrogen-bond acceptors (Lipinski definition) is 6. The number of aromatic nitrogens is 2. The first-order valence-corrected chi connectivity index (χ1v) is 7.26. The van der Waals surface area contributed by atoms with Crippen LogP contribution >= 0.6 is 11.3 Å². The van der Waals surface area contributed by atoms with Crippen LogP contribution in [0.1, 0.15) is 11.7 Å². The van der Waals surface area contributed by atoms with Gasteiger partial charge < -0.3 is 4.52 Å². The Balaban J connectivity index is 1.91. The van der Waals surface area contributed by atoms with Gasteiger partial charge in [-0.1, -0.05) is 11.2 Å². The Morgan fingerprint density at radius 1 is 1.53 bits per heavy atom. The van der Waals surface area contributed by atoms with Crippen LogP contribution in [-0.2, 0) is 16.4 Å². The van der Waals surface area contributed by atoms with E-state index in [-0.39, 0.29) is 6.54 Å². The highest BCUT2D eigenvalue weighted by atomic mass is 32.2. The van der Waals surface area contributed by atoms with Gasteiger partial charge in [0.15, 0.2) is 5.82 Å². The molecule has 0 fully saturated rings. The van der Waals surface area contributed by atoms with E-state index in [9.17, 15) is 8.42 Å². The summed E-state index contributed by atoms with van der Waals surface area (Å²) >= 11 is 1.18. The Morgan fingerprint density at radius 2 is 2.35 bits per heavy atom. The number of thiophene rings is 1. The number of hydrogen-bond donors (Lipinski definition) is 1. The van der Waals surface area contributed by atoms with E-state index in [2.05, 4.69) is 14.9 Å². The number of aryl methyl sites for hydroxylation is 1. The first-order valence-electron chi connectivity index (χ1n) is 4.90. The molecule has 0 amide bonds. The minimum Gasteiger partial charge on any atom is -0.340 e. The van der Waals surface area contributed by atoms with Gasteiger partial charge in [0.25, 0.3) is 0 Å². The number of sulfonamides is 1. The van der Waals surface area contributed by atoms with E-state index in [1.165, 1.54) is 11.3 Å². The quantitative estimate of drug-likeness (QED) is 0.877. The lowest BCUT2D eigenvalue weighted by Crippen LogP contribution is -2.25. The summed E-state index contributed by atoms with van der Waals surface area (Å²) in [6.45, 7) is 1.94. The summed E-state index contributed by atoms with van der Waals surface area (Å²) in [4.78, 5) is 3.98. The van der Waals surface area contributed by atoms with Crippen LogP contribution in [0, 0.1) is 6.92 Å². The van der Waals surface area contributed by atoms with Crippen LogP contribution in [0.4, 0.5) is 0 Å². The van der Waals surface area contributed by atoms with Crippen molar-refractivity contribution in [2.45, 2.75) is 17.6 Å². The molecule has 92 valence electrons. The van der Waals surface area contributed by atoms with Crippen molar-refractivity contribution in [3.8, 4) is 0 Å². The van der Waals surface area contributed by atoms with Crippen LogP contribution in [0.25, 0.3) is 0 Å². The van der Waals surface area contributed by atoms with Crippen LogP contribution < -0.4 is 4.72 Å². The molecule has 0 bridgehead atoms. The summed E-state index contributed by atoms with van der Waals surface area (Å²) in [6.07, 6.45) is 0.405. The van der Waals surface area contributed by atoms with Gasteiger partial charge in [0, 0.05) is 19.9 Å². The van der Waals surface area contributed by atoms with Gasteiger partial charge in [0.1, 0.15) is 4.21 Å². The molecule has 0 aromatic carbocycles. The van der Waals surface area contributed by atoms with Crippen molar-refractivity contribution in [3.05, 3.63) is 29.2 Å². The standard InChI is InChI=1S/C9H11N3O3S2/c1-7-11-8(12-15-7)4-5-10-17(13,14)9-3-2-6-16-9/h2-3,6,10H,4-5H2,1H3. The average molecular weight is 273 g/mol. The molecule has 0 saturated carbocycles. The molecule has 0 aliphatic heterocycles. The van der Waals surface area contributed by atoms with Crippen molar-refractivity contribution in [1.29, 1.82) is 0 Å². The summed E-state index contributed by atoms with van der Waals surface area (Å²) in [5, 5.41) is 5.40. The number of nitrogens with one attached hydrogen (secondary N) is 1. The highest BCUT2D eigenvalue weighted by Gasteiger charge is 2.14. The molecule has 17 heavy (non-hydrogen) atoms. The Hall–Kier alpha value is -1.25. The molecule has 0 radical (unpaired) electrons. The molecule has 2 aromatic rings. The van der Waals surface area contributed by atoms with Gasteiger partial charge in [-0.3, -0.25) is 0 Å². The molecule has 2 heterocycles. The Bertz CT molecular complexity index is 574. The third kappa shape index (κ3) is 3.11. The number of rotatable bonds is 5. The van der Waals surface area contributed by atoms with Gasteiger partial charge in [-0.25, -0.2) is 13.1 Å². The van der Waals surface area contributed by atoms with Gasteiger partial charge in [-0.05, 0) is 11.4 Å². The highest BCUT2D eigenvalue weighted by Crippen LogP contribution is 2.14. The first kappa shape index (κ1) is 12.2. The lowest BCUT2D eigenvalue weighted by atomic mass is 10.4. The molecular weight excluding hydrogens is 262 g/mol. The summed E-state index contributed by atoms with van der Waals surface area (Å²) < 4.78 is 31.0. The van der Waals surface area contributed by atoms with Gasteiger partial charge in [-0.2, -0.15) is 4.98 Å².